The lowest BCUT2D eigenvalue weighted by Gasteiger charge is -2.10. The summed E-state index contributed by atoms with van der Waals surface area (Å²) >= 11 is 5.94. The number of methoxy groups -OCH3 is 1. The molecule has 0 fully saturated rings. The SMILES string of the molecule is C=C(C)Cc1c(Cl)ccc(C(=O)OC)c1O. The van der Waals surface area contributed by atoms with E-state index in [0.29, 0.717) is 17.0 Å². The van der Waals surface area contributed by atoms with Crippen LogP contribution in [0.25, 0.3) is 0 Å². The van der Waals surface area contributed by atoms with Crippen LogP contribution >= 0.6 is 11.6 Å². The van der Waals surface area contributed by atoms with Crippen molar-refractivity contribution in [1.82, 2.24) is 0 Å². The normalized spacial score (nSPS) is 9.94. The van der Waals surface area contributed by atoms with Gasteiger partial charge in [-0.25, -0.2) is 4.79 Å². The summed E-state index contributed by atoms with van der Waals surface area (Å²) in [6, 6.07) is 3.00. The number of esters is 1. The Labute approximate surface area is 99.3 Å². The molecule has 0 amide bonds. The molecular formula is C12H13ClO3. The molecule has 16 heavy (non-hydrogen) atoms. The van der Waals surface area contributed by atoms with E-state index in [4.69, 9.17) is 11.6 Å². The Morgan fingerprint density at radius 3 is 2.69 bits per heavy atom. The van der Waals surface area contributed by atoms with Crippen LogP contribution < -0.4 is 0 Å². The highest BCUT2D eigenvalue weighted by Gasteiger charge is 2.17. The van der Waals surface area contributed by atoms with Crippen LogP contribution in [0.4, 0.5) is 0 Å². The molecule has 0 unspecified atom stereocenters. The van der Waals surface area contributed by atoms with Gasteiger partial charge in [-0.2, -0.15) is 0 Å². The van der Waals surface area contributed by atoms with Crippen LogP contribution in [0.3, 0.4) is 0 Å². The number of ether oxygens (including phenoxy) is 1. The van der Waals surface area contributed by atoms with Gasteiger partial charge in [-0.3, -0.25) is 0 Å². The van der Waals surface area contributed by atoms with E-state index in [1.807, 2.05) is 6.92 Å². The zero-order valence-electron chi connectivity index (χ0n) is 9.21. The Kier molecular flexibility index (Phi) is 3.96. The van der Waals surface area contributed by atoms with Gasteiger partial charge < -0.3 is 9.84 Å². The molecule has 3 nitrogen and oxygen atoms in total. The van der Waals surface area contributed by atoms with Gasteiger partial charge in [0, 0.05) is 10.6 Å². The van der Waals surface area contributed by atoms with Crippen molar-refractivity contribution in [2.24, 2.45) is 0 Å². The van der Waals surface area contributed by atoms with Gasteiger partial charge in [0.15, 0.2) is 0 Å². The van der Waals surface area contributed by atoms with Crippen molar-refractivity contribution in [2.45, 2.75) is 13.3 Å². The molecule has 0 saturated carbocycles. The highest BCUT2D eigenvalue weighted by molar-refractivity contribution is 6.31. The minimum Gasteiger partial charge on any atom is -0.507 e. The Morgan fingerprint density at radius 2 is 2.19 bits per heavy atom. The van der Waals surface area contributed by atoms with Crippen LogP contribution in [0, 0.1) is 0 Å². The molecule has 1 aromatic rings. The fourth-order valence-corrected chi connectivity index (χ4v) is 1.58. The van der Waals surface area contributed by atoms with E-state index >= 15 is 0 Å². The summed E-state index contributed by atoms with van der Waals surface area (Å²) in [4.78, 5) is 11.3. The van der Waals surface area contributed by atoms with Crippen molar-refractivity contribution in [3.05, 3.63) is 40.4 Å². The van der Waals surface area contributed by atoms with Gasteiger partial charge in [-0.05, 0) is 25.5 Å². The third-order valence-electron chi connectivity index (χ3n) is 2.11. The van der Waals surface area contributed by atoms with Crippen molar-refractivity contribution in [2.75, 3.05) is 7.11 Å². The van der Waals surface area contributed by atoms with E-state index in [0.717, 1.165) is 5.57 Å². The second-order valence-corrected chi connectivity index (χ2v) is 3.95. The lowest BCUT2D eigenvalue weighted by atomic mass is 10.0. The Balaban J connectivity index is 3.26. The number of hydrogen-bond acceptors (Lipinski definition) is 3. The number of aromatic hydroxyl groups is 1. The largest absolute Gasteiger partial charge is 0.507 e. The first kappa shape index (κ1) is 12.6. The van der Waals surface area contributed by atoms with E-state index in [1.165, 1.54) is 13.2 Å². The van der Waals surface area contributed by atoms with Gasteiger partial charge >= 0.3 is 5.97 Å². The van der Waals surface area contributed by atoms with E-state index in [9.17, 15) is 9.90 Å². The molecule has 4 heteroatoms. The molecule has 1 aromatic carbocycles. The highest BCUT2D eigenvalue weighted by Crippen LogP contribution is 2.31. The monoisotopic (exact) mass is 240 g/mol. The molecule has 0 aliphatic rings. The van der Waals surface area contributed by atoms with Gasteiger partial charge in [0.2, 0.25) is 0 Å². The maximum Gasteiger partial charge on any atom is 0.341 e. The number of phenolic OH excluding ortho intramolecular Hbond substituents is 1. The summed E-state index contributed by atoms with van der Waals surface area (Å²) in [7, 11) is 1.26. The second-order valence-electron chi connectivity index (χ2n) is 3.55. The summed E-state index contributed by atoms with van der Waals surface area (Å²) in [6.45, 7) is 5.56. The Bertz CT molecular complexity index is 438. The first-order chi connectivity index (χ1) is 7.47. The first-order valence-electron chi connectivity index (χ1n) is 4.70. The van der Waals surface area contributed by atoms with Crippen LogP contribution in [-0.2, 0) is 11.2 Å². The average Bonchev–Trinajstić information content (AvgIpc) is 2.23. The highest BCUT2D eigenvalue weighted by atomic mass is 35.5. The summed E-state index contributed by atoms with van der Waals surface area (Å²) in [5.74, 6) is -0.723. The van der Waals surface area contributed by atoms with Gasteiger partial charge in [-0.15, -0.1) is 0 Å². The van der Waals surface area contributed by atoms with Crippen molar-refractivity contribution in [3.63, 3.8) is 0 Å². The van der Waals surface area contributed by atoms with Gasteiger partial charge in [0.25, 0.3) is 0 Å². The summed E-state index contributed by atoms with van der Waals surface area (Å²) in [6.07, 6.45) is 0.426. The van der Waals surface area contributed by atoms with E-state index in [-0.39, 0.29) is 11.3 Å². The van der Waals surface area contributed by atoms with Crippen LogP contribution in [-0.4, -0.2) is 18.2 Å². The number of benzene rings is 1. The average molecular weight is 241 g/mol. The van der Waals surface area contributed by atoms with Crippen molar-refractivity contribution in [1.29, 1.82) is 0 Å². The zero-order valence-corrected chi connectivity index (χ0v) is 9.97. The third-order valence-corrected chi connectivity index (χ3v) is 2.46. The minimum absolute atomic E-state index is 0.114. The number of carbonyl (C=O) groups excluding carboxylic acids is 1. The quantitative estimate of drug-likeness (QED) is 0.653. The molecule has 0 aliphatic carbocycles. The summed E-state index contributed by atoms with van der Waals surface area (Å²) in [5, 5.41) is 10.3. The summed E-state index contributed by atoms with van der Waals surface area (Å²) in [5.41, 5.74) is 1.46. The Hall–Kier alpha value is -1.48. The predicted octanol–water partition coefficient (Wildman–Crippen LogP) is 2.95. The number of phenols is 1. The molecule has 0 atom stereocenters. The Morgan fingerprint density at radius 1 is 1.56 bits per heavy atom. The van der Waals surface area contributed by atoms with Crippen LogP contribution in [0.15, 0.2) is 24.3 Å². The van der Waals surface area contributed by atoms with Gasteiger partial charge in [0.1, 0.15) is 11.3 Å². The molecule has 0 heterocycles. The van der Waals surface area contributed by atoms with Crippen LogP contribution in [0.5, 0.6) is 5.75 Å². The van der Waals surface area contributed by atoms with Crippen molar-refractivity contribution in [3.8, 4) is 5.75 Å². The first-order valence-corrected chi connectivity index (χ1v) is 5.08. The van der Waals surface area contributed by atoms with E-state index in [2.05, 4.69) is 11.3 Å². The topological polar surface area (TPSA) is 46.5 Å². The molecule has 0 bridgehead atoms. The van der Waals surface area contributed by atoms with Crippen molar-refractivity contribution >= 4 is 17.6 Å². The minimum atomic E-state index is -0.586. The van der Waals surface area contributed by atoms with Crippen LogP contribution in [0.1, 0.15) is 22.8 Å². The standard InChI is InChI=1S/C12H13ClO3/c1-7(2)6-9-10(13)5-4-8(11(9)14)12(15)16-3/h4-5,14H,1,6H2,2-3H3. The maximum atomic E-state index is 11.3. The number of carbonyl (C=O) groups is 1. The van der Waals surface area contributed by atoms with Crippen molar-refractivity contribution < 1.29 is 14.6 Å². The molecule has 86 valence electrons. The fraction of sp³-hybridized carbons (Fsp3) is 0.250. The molecule has 0 radical (unpaired) electrons. The molecule has 0 spiro atoms. The predicted molar refractivity (Wildman–Crippen MR) is 63.0 cm³/mol. The number of rotatable bonds is 3. The lowest BCUT2D eigenvalue weighted by Crippen LogP contribution is -2.03. The summed E-state index contributed by atoms with van der Waals surface area (Å²) < 4.78 is 4.55. The number of hydrogen-bond donors (Lipinski definition) is 1. The van der Waals surface area contributed by atoms with Crippen LogP contribution in [0.2, 0.25) is 5.02 Å². The molecule has 0 saturated heterocycles. The molecule has 1 rings (SSSR count). The second kappa shape index (κ2) is 5.03. The lowest BCUT2D eigenvalue weighted by molar-refractivity contribution is 0.0597. The fourth-order valence-electron chi connectivity index (χ4n) is 1.36. The molecular weight excluding hydrogens is 228 g/mol. The van der Waals surface area contributed by atoms with Gasteiger partial charge in [0.05, 0.1) is 7.11 Å². The molecule has 0 aromatic heterocycles. The maximum absolute atomic E-state index is 11.3. The number of allylic oxidation sites excluding steroid dienone is 1. The molecule has 1 N–H and O–H groups in total. The zero-order chi connectivity index (χ0) is 12.3. The van der Waals surface area contributed by atoms with E-state index < -0.39 is 5.97 Å². The van der Waals surface area contributed by atoms with E-state index in [1.54, 1.807) is 6.07 Å². The third kappa shape index (κ3) is 2.55. The van der Waals surface area contributed by atoms with Gasteiger partial charge in [-0.1, -0.05) is 23.8 Å². The number of halogens is 1. The smallest absolute Gasteiger partial charge is 0.341 e. The molecule has 0 aliphatic heterocycles.